The third-order valence-corrected chi connectivity index (χ3v) is 5.75. The predicted molar refractivity (Wildman–Crippen MR) is 91.5 cm³/mol. The Hall–Kier alpha value is -1.41. The maximum absolute atomic E-state index is 12.5. The number of aliphatic hydroxyl groups is 1. The molecular weight excluding hydrogens is 334 g/mol. The lowest BCUT2D eigenvalue weighted by Crippen LogP contribution is -2.26. The van der Waals surface area contributed by atoms with Gasteiger partial charge in [-0.2, -0.15) is 11.3 Å². The number of sulfonamides is 1. The summed E-state index contributed by atoms with van der Waals surface area (Å²) in [5.74, 6) is 0.313. The average molecular weight is 355 g/mol. The summed E-state index contributed by atoms with van der Waals surface area (Å²) < 4.78 is 32.6. The van der Waals surface area contributed by atoms with Crippen molar-refractivity contribution in [3.05, 3.63) is 46.2 Å². The van der Waals surface area contributed by atoms with Crippen LogP contribution in [-0.2, 0) is 16.4 Å². The van der Waals surface area contributed by atoms with E-state index in [-0.39, 0.29) is 11.4 Å². The highest BCUT2D eigenvalue weighted by molar-refractivity contribution is 7.89. The molecule has 2 aromatic rings. The summed E-state index contributed by atoms with van der Waals surface area (Å²) in [7, 11) is -2.24. The second-order valence-electron chi connectivity index (χ2n) is 5.10. The zero-order valence-electron chi connectivity index (χ0n) is 13.2. The lowest BCUT2D eigenvalue weighted by Gasteiger charge is -2.13. The van der Waals surface area contributed by atoms with Crippen LogP contribution in [0.3, 0.4) is 0 Å². The van der Waals surface area contributed by atoms with Gasteiger partial charge in [-0.25, -0.2) is 13.1 Å². The first-order chi connectivity index (χ1) is 11.0. The van der Waals surface area contributed by atoms with Crippen molar-refractivity contribution in [1.82, 2.24) is 4.72 Å². The molecule has 2 N–H and O–H groups in total. The Bertz CT molecular complexity index is 727. The van der Waals surface area contributed by atoms with Crippen molar-refractivity contribution in [2.24, 2.45) is 0 Å². The van der Waals surface area contributed by atoms with Gasteiger partial charge in [0.25, 0.3) is 0 Å². The van der Waals surface area contributed by atoms with Crippen LogP contribution in [0.25, 0.3) is 0 Å². The zero-order valence-corrected chi connectivity index (χ0v) is 14.8. The van der Waals surface area contributed by atoms with Crippen LogP contribution in [0.2, 0.25) is 0 Å². The highest BCUT2D eigenvalue weighted by Crippen LogP contribution is 2.25. The Morgan fingerprint density at radius 3 is 2.74 bits per heavy atom. The summed E-state index contributed by atoms with van der Waals surface area (Å²) >= 11 is 1.50. The van der Waals surface area contributed by atoms with E-state index in [2.05, 4.69) is 4.72 Å². The molecule has 0 bridgehead atoms. The number of thiophene rings is 1. The van der Waals surface area contributed by atoms with Crippen LogP contribution in [0.1, 0.15) is 30.6 Å². The lowest BCUT2D eigenvalue weighted by atomic mass is 10.1. The molecule has 1 heterocycles. The highest BCUT2D eigenvalue weighted by Gasteiger charge is 2.20. The maximum atomic E-state index is 12.5. The Labute approximate surface area is 141 Å². The molecule has 126 valence electrons. The summed E-state index contributed by atoms with van der Waals surface area (Å²) in [4.78, 5) is 0.129. The van der Waals surface area contributed by atoms with Gasteiger partial charge in [0.05, 0.1) is 13.2 Å². The molecule has 2 rings (SSSR count). The van der Waals surface area contributed by atoms with Crippen LogP contribution in [0.15, 0.2) is 39.9 Å². The fourth-order valence-corrected chi connectivity index (χ4v) is 4.16. The van der Waals surface area contributed by atoms with E-state index >= 15 is 0 Å². The van der Waals surface area contributed by atoms with E-state index in [0.717, 1.165) is 17.5 Å². The molecule has 0 aliphatic rings. The molecule has 7 heteroatoms. The standard InChI is InChI=1S/C16H21NO4S2/c1-3-12-4-5-15(21-2)16(10-12)23(19,20)17-8-6-14(18)13-7-9-22-11-13/h4-5,7,9-11,14,17-18H,3,6,8H2,1-2H3. The molecule has 1 aromatic heterocycles. The van der Waals surface area contributed by atoms with Gasteiger partial charge in [-0.1, -0.05) is 13.0 Å². The summed E-state index contributed by atoms with van der Waals surface area (Å²) in [5, 5.41) is 13.7. The van der Waals surface area contributed by atoms with Crippen LogP contribution in [0.5, 0.6) is 5.75 Å². The van der Waals surface area contributed by atoms with E-state index in [0.29, 0.717) is 12.2 Å². The number of aryl methyl sites for hydroxylation is 1. The zero-order chi connectivity index (χ0) is 16.9. The van der Waals surface area contributed by atoms with Crippen LogP contribution < -0.4 is 9.46 Å². The summed E-state index contributed by atoms with van der Waals surface area (Å²) in [6, 6.07) is 6.96. The number of methoxy groups -OCH3 is 1. The minimum Gasteiger partial charge on any atom is -0.495 e. The molecule has 0 amide bonds. The number of aliphatic hydroxyl groups excluding tert-OH is 1. The Morgan fingerprint density at radius 2 is 2.13 bits per heavy atom. The molecular formula is C16H21NO4S2. The fourth-order valence-electron chi connectivity index (χ4n) is 2.19. The molecule has 0 aliphatic carbocycles. The maximum Gasteiger partial charge on any atom is 0.244 e. The molecule has 0 saturated carbocycles. The van der Waals surface area contributed by atoms with Crippen LogP contribution in [0, 0.1) is 0 Å². The molecule has 0 fully saturated rings. The van der Waals surface area contributed by atoms with Crippen molar-refractivity contribution >= 4 is 21.4 Å². The molecule has 0 aliphatic heterocycles. The topological polar surface area (TPSA) is 75.6 Å². The van der Waals surface area contributed by atoms with Crippen molar-refractivity contribution in [1.29, 1.82) is 0 Å². The fraction of sp³-hybridized carbons (Fsp3) is 0.375. The van der Waals surface area contributed by atoms with Crippen molar-refractivity contribution in [2.45, 2.75) is 30.8 Å². The van der Waals surface area contributed by atoms with Gasteiger partial charge in [-0.15, -0.1) is 0 Å². The smallest absolute Gasteiger partial charge is 0.244 e. The Balaban J connectivity index is 2.07. The molecule has 0 spiro atoms. The Kier molecular flexibility index (Phi) is 6.17. The second-order valence-corrected chi connectivity index (χ2v) is 7.61. The van der Waals surface area contributed by atoms with Crippen molar-refractivity contribution in [3.8, 4) is 5.75 Å². The SMILES string of the molecule is CCc1ccc(OC)c(S(=O)(=O)NCCC(O)c2ccsc2)c1. The molecule has 1 atom stereocenters. The predicted octanol–water partition coefficient (Wildman–Crippen LogP) is 2.72. The third kappa shape index (κ3) is 4.54. The van der Waals surface area contributed by atoms with Gasteiger partial charge >= 0.3 is 0 Å². The van der Waals surface area contributed by atoms with Gasteiger partial charge in [0.2, 0.25) is 10.0 Å². The first kappa shape index (κ1) is 17.9. The number of hydrogen-bond donors (Lipinski definition) is 2. The van der Waals surface area contributed by atoms with Crippen molar-refractivity contribution in [3.63, 3.8) is 0 Å². The van der Waals surface area contributed by atoms with Crippen LogP contribution in [-0.4, -0.2) is 27.2 Å². The highest BCUT2D eigenvalue weighted by atomic mass is 32.2. The minimum absolute atomic E-state index is 0.129. The van der Waals surface area contributed by atoms with E-state index in [1.165, 1.54) is 18.4 Å². The number of nitrogens with one attached hydrogen (secondary N) is 1. The number of benzene rings is 1. The van der Waals surface area contributed by atoms with E-state index in [1.54, 1.807) is 12.1 Å². The van der Waals surface area contributed by atoms with Gasteiger partial charge in [-0.05, 0) is 52.9 Å². The summed E-state index contributed by atoms with van der Waals surface area (Å²) in [6.45, 7) is 2.11. The molecule has 0 radical (unpaired) electrons. The molecule has 5 nitrogen and oxygen atoms in total. The van der Waals surface area contributed by atoms with Crippen molar-refractivity contribution < 1.29 is 18.3 Å². The number of rotatable bonds is 8. The molecule has 23 heavy (non-hydrogen) atoms. The van der Waals surface area contributed by atoms with E-state index in [9.17, 15) is 13.5 Å². The average Bonchev–Trinajstić information content (AvgIpc) is 3.08. The lowest BCUT2D eigenvalue weighted by molar-refractivity contribution is 0.169. The van der Waals surface area contributed by atoms with E-state index < -0.39 is 16.1 Å². The van der Waals surface area contributed by atoms with Gasteiger partial charge in [-0.3, -0.25) is 0 Å². The largest absolute Gasteiger partial charge is 0.495 e. The minimum atomic E-state index is -3.68. The summed E-state index contributed by atoms with van der Waals surface area (Å²) in [6.07, 6.45) is 0.377. The Morgan fingerprint density at radius 1 is 1.35 bits per heavy atom. The quantitative estimate of drug-likeness (QED) is 0.763. The third-order valence-electron chi connectivity index (χ3n) is 3.56. The van der Waals surface area contributed by atoms with E-state index in [1.807, 2.05) is 29.8 Å². The number of ether oxygens (including phenoxy) is 1. The van der Waals surface area contributed by atoms with E-state index in [4.69, 9.17) is 4.74 Å². The first-order valence-electron chi connectivity index (χ1n) is 7.34. The van der Waals surface area contributed by atoms with Gasteiger partial charge < -0.3 is 9.84 Å². The van der Waals surface area contributed by atoms with Gasteiger partial charge in [0, 0.05) is 6.54 Å². The molecule has 0 saturated heterocycles. The molecule has 1 unspecified atom stereocenters. The summed E-state index contributed by atoms with van der Waals surface area (Å²) in [5.41, 5.74) is 1.73. The van der Waals surface area contributed by atoms with Crippen molar-refractivity contribution in [2.75, 3.05) is 13.7 Å². The normalized spacial score (nSPS) is 13.0. The molecule has 1 aromatic carbocycles. The first-order valence-corrected chi connectivity index (χ1v) is 9.77. The van der Waals surface area contributed by atoms with Crippen LogP contribution >= 0.6 is 11.3 Å². The van der Waals surface area contributed by atoms with Gasteiger partial charge in [0.15, 0.2) is 0 Å². The van der Waals surface area contributed by atoms with Crippen LogP contribution in [0.4, 0.5) is 0 Å². The second kappa shape index (κ2) is 7.92. The monoisotopic (exact) mass is 355 g/mol. The number of hydrogen-bond acceptors (Lipinski definition) is 5. The van der Waals surface area contributed by atoms with Gasteiger partial charge in [0.1, 0.15) is 10.6 Å².